The van der Waals surface area contributed by atoms with E-state index in [4.69, 9.17) is 0 Å². The number of benzene rings is 2. The van der Waals surface area contributed by atoms with Gasteiger partial charge in [0.1, 0.15) is 0 Å². The maximum atomic E-state index is 12.0. The molecule has 0 fully saturated rings. The third-order valence-corrected chi connectivity index (χ3v) is 3.73. The smallest absolute Gasteiger partial charge is 0.323 e. The molecule has 0 saturated carbocycles. The Labute approximate surface area is 126 Å². The third-order valence-electron chi connectivity index (χ3n) is 3.01. The second-order valence-corrected chi connectivity index (χ2v) is 5.33. The number of hydrogen-bond acceptors (Lipinski definition) is 3. The van der Waals surface area contributed by atoms with Gasteiger partial charge in [0.2, 0.25) is 0 Å². The molecule has 2 aromatic carbocycles. The number of aromatic amines is 1. The van der Waals surface area contributed by atoms with Crippen LogP contribution in [0.4, 0.5) is 16.2 Å². The predicted molar refractivity (Wildman–Crippen MR) is 87.0 cm³/mol. The van der Waals surface area contributed by atoms with Gasteiger partial charge in [0.05, 0.1) is 17.4 Å². The Balaban J connectivity index is 1.70. The van der Waals surface area contributed by atoms with E-state index in [9.17, 15) is 4.79 Å². The number of nitrogens with one attached hydrogen (secondary N) is 3. The van der Waals surface area contributed by atoms with Gasteiger partial charge >= 0.3 is 6.03 Å². The van der Waals surface area contributed by atoms with E-state index < -0.39 is 0 Å². The number of imidazole rings is 1. The lowest BCUT2D eigenvalue weighted by atomic mass is 10.3. The second kappa shape index (κ2) is 5.88. The molecule has 106 valence electrons. The molecule has 3 aromatic rings. The number of carbonyl (C=O) groups is 1. The van der Waals surface area contributed by atoms with Crippen molar-refractivity contribution in [2.24, 2.45) is 0 Å². The molecule has 0 aliphatic carbocycles. The van der Waals surface area contributed by atoms with E-state index >= 15 is 0 Å². The van der Waals surface area contributed by atoms with Crippen molar-refractivity contribution in [1.82, 2.24) is 9.97 Å². The van der Waals surface area contributed by atoms with Gasteiger partial charge in [-0.1, -0.05) is 6.07 Å². The molecule has 3 rings (SSSR count). The van der Waals surface area contributed by atoms with Crippen molar-refractivity contribution >= 4 is 40.2 Å². The highest BCUT2D eigenvalue weighted by Crippen LogP contribution is 2.20. The van der Waals surface area contributed by atoms with Gasteiger partial charge in [-0.3, -0.25) is 0 Å². The highest BCUT2D eigenvalue weighted by molar-refractivity contribution is 7.98. The Morgan fingerprint density at radius 1 is 1.14 bits per heavy atom. The van der Waals surface area contributed by atoms with Crippen molar-refractivity contribution in [3.8, 4) is 0 Å². The Kier molecular flexibility index (Phi) is 3.79. The summed E-state index contributed by atoms with van der Waals surface area (Å²) in [5, 5.41) is 5.62. The largest absolute Gasteiger partial charge is 0.345 e. The van der Waals surface area contributed by atoms with Crippen molar-refractivity contribution in [2.45, 2.75) is 4.90 Å². The fourth-order valence-electron chi connectivity index (χ4n) is 2.01. The lowest BCUT2D eigenvalue weighted by molar-refractivity contribution is 0.262. The maximum Gasteiger partial charge on any atom is 0.323 e. The molecule has 6 heteroatoms. The summed E-state index contributed by atoms with van der Waals surface area (Å²) in [4.78, 5) is 20.3. The first-order valence-corrected chi connectivity index (χ1v) is 7.62. The third kappa shape index (κ3) is 3.17. The van der Waals surface area contributed by atoms with Crippen molar-refractivity contribution in [2.75, 3.05) is 16.9 Å². The van der Waals surface area contributed by atoms with Crippen LogP contribution < -0.4 is 10.6 Å². The van der Waals surface area contributed by atoms with Crippen molar-refractivity contribution in [3.05, 3.63) is 48.8 Å². The Morgan fingerprint density at radius 3 is 2.76 bits per heavy atom. The minimum absolute atomic E-state index is 0.271. The quantitative estimate of drug-likeness (QED) is 0.642. The summed E-state index contributed by atoms with van der Waals surface area (Å²) in [5.41, 5.74) is 3.23. The molecule has 1 heterocycles. The van der Waals surface area contributed by atoms with E-state index in [2.05, 4.69) is 20.6 Å². The van der Waals surface area contributed by atoms with Crippen molar-refractivity contribution < 1.29 is 4.79 Å². The summed E-state index contributed by atoms with van der Waals surface area (Å²) < 4.78 is 0. The zero-order valence-electron chi connectivity index (χ0n) is 11.4. The number of thioether (sulfide) groups is 1. The average Bonchev–Trinajstić information content (AvgIpc) is 2.95. The van der Waals surface area contributed by atoms with E-state index in [1.54, 1.807) is 18.1 Å². The molecule has 0 bridgehead atoms. The maximum absolute atomic E-state index is 12.0. The van der Waals surface area contributed by atoms with Crippen LogP contribution in [0, 0.1) is 0 Å². The van der Waals surface area contributed by atoms with Gasteiger partial charge in [0.15, 0.2) is 0 Å². The minimum Gasteiger partial charge on any atom is -0.345 e. The number of hydrogen-bond donors (Lipinski definition) is 3. The SMILES string of the molecule is CSc1cccc(NC(=O)Nc2ccc3nc[nH]c3c2)c1. The highest BCUT2D eigenvalue weighted by atomic mass is 32.2. The number of anilines is 2. The van der Waals surface area contributed by atoms with Crippen molar-refractivity contribution in [1.29, 1.82) is 0 Å². The fourth-order valence-corrected chi connectivity index (χ4v) is 2.47. The molecule has 3 N–H and O–H groups in total. The molecule has 2 amide bonds. The first kappa shape index (κ1) is 13.5. The van der Waals surface area contributed by atoms with Crippen LogP contribution in [0.15, 0.2) is 53.7 Å². The Bertz CT molecular complexity index is 784. The van der Waals surface area contributed by atoms with Gasteiger partial charge in [-0.2, -0.15) is 0 Å². The molecule has 1 aromatic heterocycles. The van der Waals surface area contributed by atoms with Gasteiger partial charge in [-0.05, 0) is 42.7 Å². The Hall–Kier alpha value is -2.47. The molecule has 0 aliphatic rings. The molecule has 0 saturated heterocycles. The van der Waals surface area contributed by atoms with E-state index in [0.717, 1.165) is 21.6 Å². The summed E-state index contributed by atoms with van der Waals surface area (Å²) >= 11 is 1.63. The lowest BCUT2D eigenvalue weighted by Gasteiger charge is -2.08. The number of carbonyl (C=O) groups excluding carboxylic acids is 1. The first-order valence-electron chi connectivity index (χ1n) is 6.40. The minimum atomic E-state index is -0.271. The molecule has 0 spiro atoms. The van der Waals surface area contributed by atoms with Gasteiger partial charge in [-0.25, -0.2) is 9.78 Å². The predicted octanol–water partition coefficient (Wildman–Crippen LogP) is 3.93. The molecular formula is C15H14N4OS. The summed E-state index contributed by atoms with van der Waals surface area (Å²) in [5.74, 6) is 0. The Morgan fingerprint density at radius 2 is 1.95 bits per heavy atom. The van der Waals surface area contributed by atoms with Crippen LogP contribution in [0.1, 0.15) is 0 Å². The number of fused-ring (bicyclic) bond motifs is 1. The molecule has 0 atom stereocenters. The summed E-state index contributed by atoms with van der Waals surface area (Å²) in [7, 11) is 0. The van der Waals surface area contributed by atoms with Crippen LogP contribution in [-0.4, -0.2) is 22.3 Å². The van der Waals surface area contributed by atoms with Gasteiger partial charge in [0, 0.05) is 16.3 Å². The lowest BCUT2D eigenvalue weighted by Crippen LogP contribution is -2.19. The molecular weight excluding hydrogens is 284 g/mol. The monoisotopic (exact) mass is 298 g/mol. The van der Waals surface area contributed by atoms with E-state index in [0.29, 0.717) is 5.69 Å². The van der Waals surface area contributed by atoms with Crippen LogP contribution in [0.25, 0.3) is 11.0 Å². The molecule has 0 radical (unpaired) electrons. The second-order valence-electron chi connectivity index (χ2n) is 4.45. The molecule has 21 heavy (non-hydrogen) atoms. The number of nitrogens with zero attached hydrogens (tertiary/aromatic N) is 1. The zero-order chi connectivity index (χ0) is 14.7. The fraction of sp³-hybridized carbons (Fsp3) is 0.0667. The van der Waals surface area contributed by atoms with Gasteiger partial charge < -0.3 is 15.6 Å². The van der Waals surface area contributed by atoms with Crippen LogP contribution in [-0.2, 0) is 0 Å². The zero-order valence-corrected chi connectivity index (χ0v) is 12.2. The number of aromatic nitrogens is 2. The molecule has 0 unspecified atom stereocenters. The van der Waals surface area contributed by atoms with Gasteiger partial charge in [0.25, 0.3) is 0 Å². The van der Waals surface area contributed by atoms with Gasteiger partial charge in [-0.15, -0.1) is 11.8 Å². The highest BCUT2D eigenvalue weighted by Gasteiger charge is 2.04. The normalized spacial score (nSPS) is 10.5. The van der Waals surface area contributed by atoms with E-state index in [1.807, 2.05) is 48.7 Å². The van der Waals surface area contributed by atoms with Crippen LogP contribution in [0.2, 0.25) is 0 Å². The number of urea groups is 1. The summed E-state index contributed by atoms with van der Waals surface area (Å²) in [6, 6.07) is 13.0. The summed E-state index contributed by atoms with van der Waals surface area (Å²) in [6.07, 6.45) is 3.63. The van der Waals surface area contributed by atoms with Crippen molar-refractivity contribution in [3.63, 3.8) is 0 Å². The molecule has 5 nitrogen and oxygen atoms in total. The average molecular weight is 298 g/mol. The van der Waals surface area contributed by atoms with Crippen LogP contribution >= 0.6 is 11.8 Å². The van der Waals surface area contributed by atoms with Crippen LogP contribution in [0.3, 0.4) is 0 Å². The molecule has 0 aliphatic heterocycles. The standard InChI is InChI=1S/C15H14N4OS/c1-21-12-4-2-3-10(7-12)18-15(20)19-11-5-6-13-14(8-11)17-9-16-13/h2-9H,1H3,(H,16,17)(H2,18,19,20). The number of amides is 2. The van der Waals surface area contributed by atoms with E-state index in [1.165, 1.54) is 0 Å². The number of H-pyrrole nitrogens is 1. The van der Waals surface area contributed by atoms with E-state index in [-0.39, 0.29) is 6.03 Å². The number of rotatable bonds is 3. The van der Waals surface area contributed by atoms with Crippen LogP contribution in [0.5, 0.6) is 0 Å². The summed E-state index contributed by atoms with van der Waals surface area (Å²) in [6.45, 7) is 0. The topological polar surface area (TPSA) is 69.8 Å². The first-order chi connectivity index (χ1) is 10.2.